The number of carbonyl (C=O) groups excluding carboxylic acids is 1. The fraction of sp³-hybridized carbons (Fsp3) is 0.312. The van der Waals surface area contributed by atoms with Gasteiger partial charge < -0.3 is 10.1 Å². The van der Waals surface area contributed by atoms with Gasteiger partial charge in [-0.05, 0) is 30.5 Å². The predicted molar refractivity (Wildman–Crippen MR) is 84.7 cm³/mol. The Morgan fingerprint density at radius 2 is 2.09 bits per heavy atom. The van der Waals surface area contributed by atoms with Crippen LogP contribution in [0.2, 0.25) is 0 Å². The highest BCUT2D eigenvalue weighted by Crippen LogP contribution is 2.43. The molecule has 114 valence electrons. The highest BCUT2D eigenvalue weighted by Gasteiger charge is 2.35. The van der Waals surface area contributed by atoms with Gasteiger partial charge in [0.15, 0.2) is 5.16 Å². The number of amides is 1. The van der Waals surface area contributed by atoms with Gasteiger partial charge in [-0.1, -0.05) is 36.0 Å². The highest BCUT2D eigenvalue weighted by molar-refractivity contribution is 7.99. The summed E-state index contributed by atoms with van der Waals surface area (Å²) in [6.07, 6.45) is 3.87. The average Bonchev–Trinajstić information content (AvgIpc) is 2.86. The molecule has 0 saturated heterocycles. The number of fused-ring (bicyclic) bond motifs is 1. The number of rotatable bonds is 4. The zero-order valence-corrected chi connectivity index (χ0v) is 13.0. The van der Waals surface area contributed by atoms with E-state index in [1.165, 1.54) is 11.1 Å². The Bertz CT molecular complexity index is 651. The maximum atomic E-state index is 11.8. The van der Waals surface area contributed by atoms with Crippen LogP contribution in [0.5, 0.6) is 0 Å². The van der Waals surface area contributed by atoms with E-state index in [1.54, 1.807) is 37.1 Å². The molecule has 0 spiro atoms. The van der Waals surface area contributed by atoms with Gasteiger partial charge in [0.2, 0.25) is 0 Å². The SMILES string of the molecule is CCOC(=O)N[C@@H]1Cc2ccccc2[C@H]1Sc1ncccn1. The summed E-state index contributed by atoms with van der Waals surface area (Å²) in [5.74, 6) is 0. The third-order valence-electron chi connectivity index (χ3n) is 3.52. The number of aromatic nitrogens is 2. The molecular weight excluding hydrogens is 298 g/mol. The third-order valence-corrected chi connectivity index (χ3v) is 4.78. The minimum Gasteiger partial charge on any atom is -0.450 e. The number of ether oxygens (including phenoxy) is 1. The van der Waals surface area contributed by atoms with E-state index in [2.05, 4.69) is 27.4 Å². The first-order valence-electron chi connectivity index (χ1n) is 7.22. The van der Waals surface area contributed by atoms with Crippen LogP contribution in [0, 0.1) is 0 Å². The quantitative estimate of drug-likeness (QED) is 0.879. The van der Waals surface area contributed by atoms with Gasteiger partial charge in [-0.3, -0.25) is 0 Å². The molecular formula is C16H17N3O2S. The van der Waals surface area contributed by atoms with Crippen molar-refractivity contribution < 1.29 is 9.53 Å². The number of nitrogens with zero attached hydrogens (tertiary/aromatic N) is 2. The molecule has 2 aromatic rings. The summed E-state index contributed by atoms with van der Waals surface area (Å²) in [6.45, 7) is 2.16. The molecule has 0 saturated carbocycles. The van der Waals surface area contributed by atoms with E-state index in [1.807, 2.05) is 12.1 Å². The summed E-state index contributed by atoms with van der Waals surface area (Å²) < 4.78 is 5.01. The number of benzene rings is 1. The van der Waals surface area contributed by atoms with Crippen molar-refractivity contribution in [1.82, 2.24) is 15.3 Å². The van der Waals surface area contributed by atoms with Crippen molar-refractivity contribution in [2.24, 2.45) is 0 Å². The van der Waals surface area contributed by atoms with Crippen LogP contribution in [0.15, 0.2) is 47.9 Å². The fourth-order valence-electron chi connectivity index (χ4n) is 2.61. The number of thioether (sulfide) groups is 1. The van der Waals surface area contributed by atoms with Crippen molar-refractivity contribution in [3.63, 3.8) is 0 Å². The van der Waals surface area contributed by atoms with E-state index < -0.39 is 0 Å². The molecule has 1 aliphatic carbocycles. The first-order valence-corrected chi connectivity index (χ1v) is 8.10. The third kappa shape index (κ3) is 3.22. The largest absolute Gasteiger partial charge is 0.450 e. The minimum absolute atomic E-state index is 0.0229. The van der Waals surface area contributed by atoms with Crippen LogP contribution in [-0.2, 0) is 11.2 Å². The lowest BCUT2D eigenvalue weighted by Gasteiger charge is -2.20. The van der Waals surface area contributed by atoms with Gasteiger partial charge in [-0.25, -0.2) is 14.8 Å². The van der Waals surface area contributed by atoms with Gasteiger partial charge in [0.05, 0.1) is 17.9 Å². The molecule has 5 nitrogen and oxygen atoms in total. The van der Waals surface area contributed by atoms with Gasteiger partial charge in [-0.15, -0.1) is 0 Å². The van der Waals surface area contributed by atoms with E-state index in [0.717, 1.165) is 6.42 Å². The van der Waals surface area contributed by atoms with E-state index in [0.29, 0.717) is 11.8 Å². The molecule has 2 atom stereocenters. The predicted octanol–water partition coefficient (Wildman–Crippen LogP) is 2.98. The van der Waals surface area contributed by atoms with Crippen molar-refractivity contribution in [1.29, 1.82) is 0 Å². The van der Waals surface area contributed by atoms with Gasteiger partial charge in [0, 0.05) is 12.4 Å². The molecule has 0 unspecified atom stereocenters. The zero-order chi connectivity index (χ0) is 15.4. The van der Waals surface area contributed by atoms with Gasteiger partial charge in [-0.2, -0.15) is 0 Å². The first-order chi connectivity index (χ1) is 10.8. The molecule has 6 heteroatoms. The lowest BCUT2D eigenvalue weighted by atomic mass is 10.1. The lowest BCUT2D eigenvalue weighted by molar-refractivity contribution is 0.148. The summed E-state index contributed by atoms with van der Waals surface area (Å²) in [4.78, 5) is 20.3. The topological polar surface area (TPSA) is 64.1 Å². The summed E-state index contributed by atoms with van der Waals surface area (Å²) in [7, 11) is 0. The Kier molecular flexibility index (Phi) is 4.58. The molecule has 1 amide bonds. The standard InChI is InChI=1S/C16H17N3O2S/c1-2-21-16(20)19-13-10-11-6-3-4-7-12(11)14(13)22-15-17-8-5-9-18-15/h3-9,13-14H,2,10H2,1H3,(H,19,20)/t13-,14-/m1/s1. The maximum absolute atomic E-state index is 11.8. The van der Waals surface area contributed by atoms with Crippen LogP contribution in [-0.4, -0.2) is 28.7 Å². The molecule has 0 fully saturated rings. The van der Waals surface area contributed by atoms with Crippen LogP contribution in [0.1, 0.15) is 23.3 Å². The average molecular weight is 315 g/mol. The minimum atomic E-state index is -0.375. The van der Waals surface area contributed by atoms with Gasteiger partial charge in [0.1, 0.15) is 0 Å². The number of hydrogen-bond donors (Lipinski definition) is 1. The monoisotopic (exact) mass is 315 g/mol. The molecule has 1 N–H and O–H groups in total. The van der Waals surface area contributed by atoms with Crippen molar-refractivity contribution in [2.45, 2.75) is 29.8 Å². The zero-order valence-electron chi connectivity index (χ0n) is 12.2. The molecule has 0 aliphatic heterocycles. The highest BCUT2D eigenvalue weighted by atomic mass is 32.2. The Morgan fingerprint density at radius 3 is 2.86 bits per heavy atom. The summed E-state index contributed by atoms with van der Waals surface area (Å²) in [5, 5.41) is 3.75. The molecule has 1 heterocycles. The van der Waals surface area contributed by atoms with Crippen LogP contribution in [0.25, 0.3) is 0 Å². The summed E-state index contributed by atoms with van der Waals surface area (Å²) in [5.41, 5.74) is 2.47. The maximum Gasteiger partial charge on any atom is 0.407 e. The summed E-state index contributed by atoms with van der Waals surface area (Å²) in [6, 6.07) is 10.0. The molecule has 22 heavy (non-hydrogen) atoms. The Balaban J connectivity index is 1.82. The Morgan fingerprint density at radius 1 is 1.32 bits per heavy atom. The molecule has 1 aliphatic rings. The Hall–Kier alpha value is -2.08. The van der Waals surface area contributed by atoms with E-state index in [-0.39, 0.29) is 17.4 Å². The molecule has 0 radical (unpaired) electrons. The number of alkyl carbamates (subject to hydrolysis) is 1. The molecule has 3 rings (SSSR count). The first kappa shape index (κ1) is 14.8. The van der Waals surface area contributed by atoms with Crippen LogP contribution in [0.3, 0.4) is 0 Å². The van der Waals surface area contributed by atoms with E-state index in [9.17, 15) is 4.79 Å². The second-order valence-electron chi connectivity index (χ2n) is 4.94. The van der Waals surface area contributed by atoms with Crippen LogP contribution < -0.4 is 5.32 Å². The normalized spacial score (nSPS) is 19.5. The van der Waals surface area contributed by atoms with Crippen molar-refractivity contribution in [2.75, 3.05) is 6.61 Å². The Labute approximate surface area is 133 Å². The van der Waals surface area contributed by atoms with Crippen LogP contribution >= 0.6 is 11.8 Å². The van der Waals surface area contributed by atoms with E-state index >= 15 is 0 Å². The van der Waals surface area contributed by atoms with E-state index in [4.69, 9.17) is 4.74 Å². The summed E-state index contributed by atoms with van der Waals surface area (Å²) >= 11 is 1.57. The second-order valence-corrected chi connectivity index (χ2v) is 6.05. The fourth-order valence-corrected chi connectivity index (χ4v) is 3.77. The van der Waals surface area contributed by atoms with Crippen molar-refractivity contribution in [3.8, 4) is 0 Å². The van der Waals surface area contributed by atoms with Gasteiger partial charge in [0.25, 0.3) is 0 Å². The number of carbonyl (C=O) groups is 1. The van der Waals surface area contributed by atoms with Crippen molar-refractivity contribution >= 4 is 17.9 Å². The van der Waals surface area contributed by atoms with Gasteiger partial charge >= 0.3 is 6.09 Å². The molecule has 0 bridgehead atoms. The molecule has 1 aromatic carbocycles. The number of hydrogen-bond acceptors (Lipinski definition) is 5. The number of nitrogens with one attached hydrogen (secondary N) is 1. The lowest BCUT2D eigenvalue weighted by Crippen LogP contribution is -2.37. The molecule has 1 aromatic heterocycles. The second kappa shape index (κ2) is 6.79. The van der Waals surface area contributed by atoms with Crippen LogP contribution in [0.4, 0.5) is 4.79 Å². The van der Waals surface area contributed by atoms with Crippen molar-refractivity contribution in [3.05, 3.63) is 53.9 Å². The smallest absolute Gasteiger partial charge is 0.407 e.